The van der Waals surface area contributed by atoms with Crippen LogP contribution >= 0.6 is 34.8 Å². The summed E-state index contributed by atoms with van der Waals surface area (Å²) in [5.74, 6) is 1.42. The summed E-state index contributed by atoms with van der Waals surface area (Å²) in [6.45, 7) is 18.1. The zero-order valence-corrected chi connectivity index (χ0v) is 80.5. The summed E-state index contributed by atoms with van der Waals surface area (Å²) in [5.41, 5.74) is 16.0. The van der Waals surface area contributed by atoms with Crippen LogP contribution < -0.4 is 0 Å². The minimum Gasteiger partial charge on any atom is -0.296 e. The Morgan fingerprint density at radius 2 is 0.411 bits per heavy atom. The molecule has 25 rings (SSSR count). The van der Waals surface area contributed by atoms with E-state index in [2.05, 4.69) is 162 Å². The quantitative estimate of drug-likeness (QED) is 0.0969. The average Bonchev–Trinajstić information content (AvgIpc) is 1.57. The van der Waals surface area contributed by atoms with Gasteiger partial charge in [0.25, 0.3) is 0 Å². The zero-order chi connectivity index (χ0) is 101. The maximum absolute atomic E-state index is 14.3. The molecule has 0 aliphatic rings. The van der Waals surface area contributed by atoms with Crippen molar-refractivity contribution in [3.05, 3.63) is 352 Å². The lowest BCUT2D eigenvalue weighted by Crippen LogP contribution is -2.22. The summed E-state index contributed by atoms with van der Waals surface area (Å²) < 4.78 is 144. The van der Waals surface area contributed by atoms with Gasteiger partial charge in [0.15, 0.2) is 0 Å². The van der Waals surface area contributed by atoms with Gasteiger partial charge in [-0.2, -0.15) is 84.4 Å². The average molecular weight is 2020 g/mol. The number of rotatable bonds is 13. The Balaban J connectivity index is 0.000000112. The number of aryl methyl sites for hydroxylation is 7. The van der Waals surface area contributed by atoms with E-state index in [1.54, 1.807) is 0 Å². The molecule has 724 valence electrons. The molecule has 1 atom stereocenters. The van der Waals surface area contributed by atoms with E-state index >= 15 is 0 Å². The van der Waals surface area contributed by atoms with Crippen molar-refractivity contribution >= 4 is 145 Å². The van der Waals surface area contributed by atoms with Gasteiger partial charge in [-0.25, -0.2) is 49.8 Å². The molecule has 1 unspecified atom stereocenters. The van der Waals surface area contributed by atoms with Crippen LogP contribution in [0.15, 0.2) is 273 Å². The van der Waals surface area contributed by atoms with E-state index < -0.39 is 53.8 Å². The van der Waals surface area contributed by atoms with Gasteiger partial charge in [0, 0.05) is 32.1 Å². The van der Waals surface area contributed by atoms with Crippen LogP contribution in [0.4, 0.5) is 39.5 Å². The highest BCUT2D eigenvalue weighted by molar-refractivity contribution is 6.32. The zero-order valence-electron chi connectivity index (χ0n) is 78.3. The van der Waals surface area contributed by atoms with Crippen molar-refractivity contribution in [3.8, 4) is 70.1 Å². The third kappa shape index (κ3) is 16.8. The summed E-state index contributed by atoms with van der Waals surface area (Å²) in [6.07, 6.45) is -14.5. The minimum absolute atomic E-state index is 0.193. The number of imidazole rings is 10. The molecule has 29 nitrogen and oxygen atoms in total. The second-order valence-corrected chi connectivity index (χ2v) is 35.5. The third-order valence-corrected chi connectivity index (χ3v) is 25.5. The van der Waals surface area contributed by atoms with Crippen molar-refractivity contribution in [3.63, 3.8) is 0 Å². The van der Waals surface area contributed by atoms with Gasteiger partial charge in [0.1, 0.15) is 46.6 Å². The standard InChI is InChI=1S/C28H22N4.C27H18Cl3N9.C27H12F9N9.C23H23N7/c1-19-29-23-13-5-9-17-27(23)31(19)25-15-7-3-11-21(25)22-12-4-8-16-26(22)32-20(2)30-24-14-6-10-18-28(24)32;1-13-31-19-10-16(28)4-7-22(19)37(13)25-34-26(38-14(2)32-20-11-17(29)5-8-23(20)38)36-27(35-25)39-15(3)33-21-12-18(30)6-9-24(21)39;28-25(29,30)19-37-13-7-1-4-10-16(13)43(19)22-40-23(44-17-11-5-2-8-14(17)38-20(44)26(31,32)33)42-24(41-22)45-18-12-6-3-9-15(18)39-21(45)27(34,35)36;1-5-14(2)21-26-22(29-15(3)24-17-10-6-8-12-19(17)29)28-23(27-21)30-16(4)25-18-11-7-9-13-20(18)30/h3-18H,1-2H3;4-12H,1-3H3;1-12H;6-14H,5H2,1-4H3. The van der Waals surface area contributed by atoms with E-state index in [0.717, 1.165) is 135 Å². The highest BCUT2D eigenvalue weighted by Gasteiger charge is 2.44. The number of hydrogen-bond acceptors (Lipinski definition) is 19. The number of halogens is 12. The van der Waals surface area contributed by atoms with Gasteiger partial charge < -0.3 is 0 Å². The van der Waals surface area contributed by atoms with Crippen molar-refractivity contribution in [1.82, 2.24) is 140 Å². The predicted octanol–water partition coefficient (Wildman–Crippen LogP) is 25.0. The molecule has 0 amide bonds. The molecule has 12 aromatic carbocycles. The largest absolute Gasteiger partial charge is 0.450 e. The molecule has 0 aliphatic heterocycles. The van der Waals surface area contributed by atoms with E-state index in [1.165, 1.54) is 72.8 Å². The van der Waals surface area contributed by atoms with Crippen molar-refractivity contribution < 1.29 is 39.5 Å². The summed E-state index contributed by atoms with van der Waals surface area (Å²) in [7, 11) is 0. The van der Waals surface area contributed by atoms with Crippen LogP contribution in [-0.2, 0) is 18.5 Å². The van der Waals surface area contributed by atoms with Crippen molar-refractivity contribution in [1.29, 1.82) is 0 Å². The Kier molecular flexibility index (Phi) is 23.4. The van der Waals surface area contributed by atoms with Crippen LogP contribution in [0.1, 0.15) is 90.3 Å². The number of nitrogens with zero attached hydrogens (tertiary/aromatic N) is 29. The summed E-state index contributed by atoms with van der Waals surface area (Å²) >= 11 is 18.7. The summed E-state index contributed by atoms with van der Waals surface area (Å²) in [6, 6.07) is 82.0. The van der Waals surface area contributed by atoms with Crippen LogP contribution in [-0.4, -0.2) is 140 Å². The van der Waals surface area contributed by atoms with Crippen LogP contribution in [0, 0.1) is 48.5 Å². The lowest BCUT2D eigenvalue weighted by molar-refractivity contribution is -0.146. The van der Waals surface area contributed by atoms with Crippen LogP contribution in [0.25, 0.3) is 180 Å². The third-order valence-electron chi connectivity index (χ3n) is 24.8. The first-order valence-electron chi connectivity index (χ1n) is 45.6. The Hall–Kier alpha value is -17.4. The van der Waals surface area contributed by atoms with E-state index in [9.17, 15) is 39.5 Å². The molecule has 0 bridgehead atoms. The molecule has 0 saturated heterocycles. The van der Waals surface area contributed by atoms with E-state index in [0.29, 0.717) is 76.0 Å². The fourth-order valence-corrected chi connectivity index (χ4v) is 18.8. The topological polar surface area (TPSA) is 294 Å². The highest BCUT2D eigenvalue weighted by Crippen LogP contribution is 2.42. The van der Waals surface area contributed by atoms with Crippen molar-refractivity contribution in [2.75, 3.05) is 0 Å². The van der Waals surface area contributed by atoms with Gasteiger partial charge >= 0.3 is 18.5 Å². The van der Waals surface area contributed by atoms with E-state index in [4.69, 9.17) is 89.6 Å². The minimum atomic E-state index is -5.15. The molecule has 0 fully saturated rings. The number of hydrogen-bond donors (Lipinski definition) is 0. The Labute approximate surface area is 835 Å². The molecule has 0 saturated carbocycles. The molecule has 25 aromatic rings. The molecular formula is C105H75Cl3F9N29. The highest BCUT2D eigenvalue weighted by atomic mass is 35.5. The number of fused-ring (bicyclic) bond motifs is 10. The van der Waals surface area contributed by atoms with Gasteiger partial charge in [-0.05, 0) is 207 Å². The van der Waals surface area contributed by atoms with E-state index in [-0.39, 0.29) is 39.0 Å². The lowest BCUT2D eigenvalue weighted by atomic mass is 10.0. The van der Waals surface area contributed by atoms with Crippen LogP contribution in [0.2, 0.25) is 15.1 Å². The molecule has 0 N–H and O–H groups in total. The van der Waals surface area contributed by atoms with Crippen molar-refractivity contribution in [2.24, 2.45) is 0 Å². The van der Waals surface area contributed by atoms with Gasteiger partial charge in [0.2, 0.25) is 65.1 Å². The molecule has 0 spiro atoms. The van der Waals surface area contributed by atoms with Crippen LogP contribution in [0.3, 0.4) is 0 Å². The first kappa shape index (κ1) is 93.6. The SMILES string of the molecule is CCC(C)c1nc(-n2c(C)nc3ccccc32)nc(-n2c(C)nc3ccccc32)n1.Cc1nc2cc(Cl)ccc2n1-c1nc(-n2c(C)nc3cc(Cl)ccc32)nc(-n2c(C)nc3cc(Cl)ccc32)n1.Cc1nc2ccccc2n1-c1ccccc1-c1ccccc1-n1c(C)nc2ccccc21.FC(F)(F)c1nc2ccccc2n1-c1nc(-n2c(C(F)(F)F)nc3ccccc32)nc(-n2c(C(F)(F)F)nc3ccccc32)n1. The molecule has 146 heavy (non-hydrogen) atoms. The molecule has 0 radical (unpaired) electrons. The second-order valence-electron chi connectivity index (χ2n) is 34.2. The van der Waals surface area contributed by atoms with Gasteiger partial charge in [-0.3, -0.25) is 45.7 Å². The fraction of sp³-hybridized carbons (Fsp3) is 0.133. The first-order valence-corrected chi connectivity index (χ1v) is 46.7. The second kappa shape index (κ2) is 36.5. The van der Waals surface area contributed by atoms with Gasteiger partial charge in [-0.1, -0.05) is 170 Å². The molecule has 0 aliphatic carbocycles. The maximum Gasteiger partial charge on any atom is 0.450 e. The summed E-state index contributed by atoms with van der Waals surface area (Å²) in [4.78, 5) is 85.1. The molecule has 13 heterocycles. The van der Waals surface area contributed by atoms with Gasteiger partial charge in [0.05, 0.1) is 122 Å². The Bertz CT molecular complexity index is 8770. The number of para-hydroxylation sites is 16. The fourth-order valence-electron chi connectivity index (χ4n) is 18.3. The molecular weight excluding hydrogens is 1940 g/mol. The smallest absolute Gasteiger partial charge is 0.296 e. The normalized spacial score (nSPS) is 12.3. The lowest BCUT2D eigenvalue weighted by Gasteiger charge is -2.18. The predicted molar refractivity (Wildman–Crippen MR) is 540 cm³/mol. The maximum atomic E-state index is 14.3. The van der Waals surface area contributed by atoms with Crippen LogP contribution in [0.5, 0.6) is 0 Å². The molecule has 41 heteroatoms. The van der Waals surface area contributed by atoms with Gasteiger partial charge in [-0.15, -0.1) is 0 Å². The number of aromatic nitrogens is 29. The van der Waals surface area contributed by atoms with E-state index in [1.807, 2.05) is 173 Å². The molecule has 13 aromatic heterocycles. The first-order chi connectivity index (χ1) is 70.3. The Morgan fingerprint density at radius 3 is 0.664 bits per heavy atom. The van der Waals surface area contributed by atoms with Crippen molar-refractivity contribution in [2.45, 2.75) is 93.2 Å². The monoisotopic (exact) mass is 2020 g/mol. The Morgan fingerprint density at radius 1 is 0.219 bits per heavy atom. The number of alkyl halides is 9. The number of benzene rings is 12. The summed E-state index contributed by atoms with van der Waals surface area (Å²) in [5, 5.41) is 1.80.